The molecule has 0 atom stereocenters. The van der Waals surface area contributed by atoms with Crippen molar-refractivity contribution in [3.05, 3.63) is 29.3 Å². The third kappa shape index (κ3) is 5.98. The summed E-state index contributed by atoms with van der Waals surface area (Å²) in [7, 11) is 0. The van der Waals surface area contributed by atoms with Gasteiger partial charge in [-0.15, -0.1) is 0 Å². The number of carboxylic acid groups (broad SMARTS) is 1. The molecule has 0 amide bonds. The number of carbonyl (C=O) groups is 2. The standard InChI is InChI=1S/C17H24O4/c1-4-13-10-14(21-11-12(2)3)8-9-15(13)16(18)6-5-7-17(19)20/h8-10,12H,4-7,11H2,1-3H3,(H,19,20). The van der Waals surface area contributed by atoms with Gasteiger partial charge in [-0.3, -0.25) is 9.59 Å². The van der Waals surface area contributed by atoms with Gasteiger partial charge in [0, 0.05) is 18.4 Å². The lowest BCUT2D eigenvalue weighted by atomic mass is 9.98. The van der Waals surface area contributed by atoms with E-state index in [0.717, 1.165) is 17.7 Å². The molecule has 0 saturated heterocycles. The molecule has 0 unspecified atom stereocenters. The van der Waals surface area contributed by atoms with Crippen molar-refractivity contribution in [3.63, 3.8) is 0 Å². The Labute approximate surface area is 126 Å². The summed E-state index contributed by atoms with van der Waals surface area (Å²) in [6, 6.07) is 5.51. The highest BCUT2D eigenvalue weighted by Gasteiger charge is 2.12. The second-order valence-electron chi connectivity index (χ2n) is 5.55. The third-order valence-corrected chi connectivity index (χ3v) is 3.14. The summed E-state index contributed by atoms with van der Waals surface area (Å²) in [6.45, 7) is 6.81. The van der Waals surface area contributed by atoms with Gasteiger partial charge in [0.25, 0.3) is 0 Å². The maximum Gasteiger partial charge on any atom is 0.303 e. The molecule has 1 aromatic rings. The molecule has 21 heavy (non-hydrogen) atoms. The van der Waals surface area contributed by atoms with Crippen LogP contribution in [0.4, 0.5) is 0 Å². The Hall–Kier alpha value is -1.84. The highest BCUT2D eigenvalue weighted by molar-refractivity contribution is 5.97. The number of ketones is 1. The van der Waals surface area contributed by atoms with Crippen molar-refractivity contribution in [2.45, 2.75) is 46.5 Å². The minimum Gasteiger partial charge on any atom is -0.493 e. The summed E-state index contributed by atoms with van der Waals surface area (Å²) >= 11 is 0. The van der Waals surface area contributed by atoms with Crippen molar-refractivity contribution >= 4 is 11.8 Å². The predicted molar refractivity (Wildman–Crippen MR) is 82.0 cm³/mol. The van der Waals surface area contributed by atoms with Gasteiger partial charge in [0.2, 0.25) is 0 Å². The summed E-state index contributed by atoms with van der Waals surface area (Å²) in [5.41, 5.74) is 1.64. The van der Waals surface area contributed by atoms with E-state index >= 15 is 0 Å². The number of ether oxygens (including phenoxy) is 1. The number of hydrogen-bond donors (Lipinski definition) is 1. The van der Waals surface area contributed by atoms with Crippen LogP contribution in [-0.4, -0.2) is 23.5 Å². The van der Waals surface area contributed by atoms with Crippen LogP contribution in [0.15, 0.2) is 18.2 Å². The first-order valence-corrected chi connectivity index (χ1v) is 7.44. The van der Waals surface area contributed by atoms with Crippen molar-refractivity contribution in [2.75, 3.05) is 6.61 Å². The molecule has 1 N–H and O–H groups in total. The largest absolute Gasteiger partial charge is 0.493 e. The quantitative estimate of drug-likeness (QED) is 0.704. The van der Waals surface area contributed by atoms with E-state index in [1.807, 2.05) is 19.1 Å². The Morgan fingerprint density at radius 1 is 1.24 bits per heavy atom. The van der Waals surface area contributed by atoms with Gasteiger partial charge in [0.05, 0.1) is 6.61 Å². The summed E-state index contributed by atoms with van der Waals surface area (Å²) in [5.74, 6) is 0.370. The van der Waals surface area contributed by atoms with Gasteiger partial charge < -0.3 is 9.84 Å². The number of benzene rings is 1. The number of aliphatic carboxylic acids is 1. The Kier molecular flexibility index (Phi) is 6.92. The molecule has 4 heteroatoms. The molecule has 0 saturated carbocycles. The van der Waals surface area contributed by atoms with Gasteiger partial charge in [-0.05, 0) is 42.5 Å². The molecule has 0 heterocycles. The lowest BCUT2D eigenvalue weighted by Gasteiger charge is -2.12. The zero-order chi connectivity index (χ0) is 15.8. The van der Waals surface area contributed by atoms with Gasteiger partial charge in [0.1, 0.15) is 5.75 Å². The molecule has 0 fully saturated rings. The minimum atomic E-state index is -0.865. The normalized spacial score (nSPS) is 10.7. The first-order valence-electron chi connectivity index (χ1n) is 7.44. The topological polar surface area (TPSA) is 63.6 Å². The van der Waals surface area contributed by atoms with Crippen LogP contribution in [0.3, 0.4) is 0 Å². The average molecular weight is 292 g/mol. The van der Waals surface area contributed by atoms with Gasteiger partial charge in [-0.2, -0.15) is 0 Å². The van der Waals surface area contributed by atoms with E-state index in [4.69, 9.17) is 9.84 Å². The Balaban J connectivity index is 2.73. The van der Waals surface area contributed by atoms with Crippen LogP contribution in [0, 0.1) is 5.92 Å². The highest BCUT2D eigenvalue weighted by atomic mass is 16.5. The maximum atomic E-state index is 12.1. The van der Waals surface area contributed by atoms with Gasteiger partial charge >= 0.3 is 5.97 Å². The van der Waals surface area contributed by atoms with Crippen LogP contribution in [0.1, 0.15) is 56.0 Å². The molecule has 0 aliphatic carbocycles. The summed E-state index contributed by atoms with van der Waals surface area (Å²) in [6.07, 6.45) is 1.43. The predicted octanol–water partition coefficient (Wildman–Crippen LogP) is 3.72. The summed E-state index contributed by atoms with van der Waals surface area (Å²) < 4.78 is 5.67. The van der Waals surface area contributed by atoms with Gasteiger partial charge in [0.15, 0.2) is 5.78 Å². The number of carboxylic acids is 1. The van der Waals surface area contributed by atoms with Crippen molar-refractivity contribution in [3.8, 4) is 5.75 Å². The maximum absolute atomic E-state index is 12.1. The van der Waals surface area contributed by atoms with Crippen LogP contribution >= 0.6 is 0 Å². The van der Waals surface area contributed by atoms with E-state index in [0.29, 0.717) is 24.5 Å². The van der Waals surface area contributed by atoms with E-state index in [2.05, 4.69) is 13.8 Å². The first kappa shape index (κ1) is 17.2. The SMILES string of the molecule is CCc1cc(OCC(C)C)ccc1C(=O)CCCC(=O)O. The molecular formula is C17H24O4. The number of rotatable bonds is 9. The van der Waals surface area contributed by atoms with Crippen LogP contribution in [0.2, 0.25) is 0 Å². The zero-order valence-electron chi connectivity index (χ0n) is 13.0. The molecule has 0 radical (unpaired) electrons. The summed E-state index contributed by atoms with van der Waals surface area (Å²) in [5, 5.41) is 8.61. The molecule has 0 aliphatic rings. The molecule has 0 aliphatic heterocycles. The van der Waals surface area contributed by atoms with Crippen molar-refractivity contribution in [1.29, 1.82) is 0 Å². The number of hydrogen-bond acceptors (Lipinski definition) is 3. The van der Waals surface area contributed by atoms with Crippen LogP contribution in [0.25, 0.3) is 0 Å². The Morgan fingerprint density at radius 3 is 2.52 bits per heavy atom. The first-order chi connectivity index (χ1) is 9.93. The molecule has 0 aromatic heterocycles. The molecule has 116 valence electrons. The van der Waals surface area contributed by atoms with Crippen molar-refractivity contribution in [1.82, 2.24) is 0 Å². The molecule has 0 spiro atoms. The molecule has 1 rings (SSSR count). The number of aryl methyl sites for hydroxylation is 1. The molecular weight excluding hydrogens is 268 g/mol. The second-order valence-corrected chi connectivity index (χ2v) is 5.55. The fraction of sp³-hybridized carbons (Fsp3) is 0.529. The third-order valence-electron chi connectivity index (χ3n) is 3.14. The van der Waals surface area contributed by atoms with Gasteiger partial charge in [-0.25, -0.2) is 0 Å². The number of Topliss-reactive ketones (excluding diaryl/α,β-unsaturated/α-hetero) is 1. The molecule has 0 bridgehead atoms. The average Bonchev–Trinajstić information content (AvgIpc) is 2.44. The van der Waals surface area contributed by atoms with Crippen LogP contribution in [0.5, 0.6) is 5.75 Å². The van der Waals surface area contributed by atoms with Crippen molar-refractivity contribution in [2.24, 2.45) is 5.92 Å². The smallest absolute Gasteiger partial charge is 0.303 e. The van der Waals surface area contributed by atoms with Gasteiger partial charge in [-0.1, -0.05) is 20.8 Å². The molecule has 4 nitrogen and oxygen atoms in total. The lowest BCUT2D eigenvalue weighted by molar-refractivity contribution is -0.137. The Morgan fingerprint density at radius 2 is 1.95 bits per heavy atom. The Bertz CT molecular complexity index is 492. The van der Waals surface area contributed by atoms with Crippen LogP contribution < -0.4 is 4.74 Å². The molecule has 1 aromatic carbocycles. The van der Waals surface area contributed by atoms with E-state index < -0.39 is 5.97 Å². The fourth-order valence-electron chi connectivity index (χ4n) is 2.02. The monoisotopic (exact) mass is 292 g/mol. The highest BCUT2D eigenvalue weighted by Crippen LogP contribution is 2.21. The lowest BCUT2D eigenvalue weighted by Crippen LogP contribution is -2.07. The summed E-state index contributed by atoms with van der Waals surface area (Å²) in [4.78, 5) is 22.6. The van der Waals surface area contributed by atoms with E-state index in [9.17, 15) is 9.59 Å². The number of carbonyl (C=O) groups excluding carboxylic acids is 1. The van der Waals surface area contributed by atoms with Crippen LogP contribution in [-0.2, 0) is 11.2 Å². The zero-order valence-corrected chi connectivity index (χ0v) is 13.0. The van der Waals surface area contributed by atoms with E-state index in [1.165, 1.54) is 0 Å². The minimum absolute atomic E-state index is 0.00325. The second kappa shape index (κ2) is 8.45. The van der Waals surface area contributed by atoms with E-state index in [1.54, 1.807) is 6.07 Å². The van der Waals surface area contributed by atoms with E-state index in [-0.39, 0.29) is 18.6 Å². The van der Waals surface area contributed by atoms with Crippen molar-refractivity contribution < 1.29 is 19.4 Å². The fourth-order valence-corrected chi connectivity index (χ4v) is 2.02.